The number of likely N-dealkylation sites (N-methyl/N-ethyl adjacent to an activating group) is 1. The van der Waals surface area contributed by atoms with Crippen molar-refractivity contribution in [3.05, 3.63) is 18.3 Å². The minimum absolute atomic E-state index is 0.00896. The summed E-state index contributed by atoms with van der Waals surface area (Å²) >= 11 is 0. The highest BCUT2D eigenvalue weighted by Crippen LogP contribution is 2.12. The Hall–Kier alpha value is -1.78. The molecule has 0 saturated heterocycles. The molecule has 0 aliphatic carbocycles. The van der Waals surface area contributed by atoms with Crippen molar-refractivity contribution in [2.45, 2.75) is 19.9 Å². The molecule has 1 rings (SSSR count). The van der Waals surface area contributed by atoms with Crippen molar-refractivity contribution in [3.8, 4) is 0 Å². The first-order valence-corrected chi connectivity index (χ1v) is 5.35. The zero-order chi connectivity index (χ0) is 12.0. The Labute approximate surface area is 95.7 Å². The number of pyridine rings is 1. The average Bonchev–Trinajstić information content (AvgIpc) is 2.29. The molecule has 1 aromatic rings. The van der Waals surface area contributed by atoms with Crippen LogP contribution in [0.3, 0.4) is 0 Å². The second kappa shape index (κ2) is 5.95. The van der Waals surface area contributed by atoms with Crippen LogP contribution in [0.25, 0.3) is 0 Å². The van der Waals surface area contributed by atoms with Gasteiger partial charge in [-0.3, -0.25) is 4.79 Å². The number of rotatable bonds is 5. The summed E-state index contributed by atoms with van der Waals surface area (Å²) in [6.45, 7) is 4.36. The van der Waals surface area contributed by atoms with E-state index in [1.165, 1.54) is 0 Å². The van der Waals surface area contributed by atoms with E-state index in [0.717, 1.165) is 11.5 Å². The van der Waals surface area contributed by atoms with Crippen molar-refractivity contribution in [2.75, 3.05) is 24.2 Å². The number of carbonyl (C=O) groups is 1. The molecule has 0 aromatic carbocycles. The summed E-state index contributed by atoms with van der Waals surface area (Å²) in [4.78, 5) is 15.6. The lowest BCUT2D eigenvalue weighted by Crippen LogP contribution is -2.37. The Morgan fingerprint density at radius 3 is 2.94 bits per heavy atom. The van der Waals surface area contributed by atoms with Gasteiger partial charge in [-0.15, -0.1) is 0 Å². The molecule has 1 unspecified atom stereocenters. The summed E-state index contributed by atoms with van der Waals surface area (Å²) in [6, 6.07) is 3.43. The van der Waals surface area contributed by atoms with Crippen molar-refractivity contribution < 1.29 is 4.79 Å². The molecule has 1 aromatic heterocycles. The van der Waals surface area contributed by atoms with Gasteiger partial charge in [0.15, 0.2) is 0 Å². The van der Waals surface area contributed by atoms with Crippen LogP contribution < -0.4 is 16.0 Å². The third kappa shape index (κ3) is 3.42. The van der Waals surface area contributed by atoms with Gasteiger partial charge in [0.25, 0.3) is 0 Å². The molecule has 0 bridgehead atoms. The molecule has 0 aliphatic heterocycles. The molecule has 0 saturated carbocycles. The van der Waals surface area contributed by atoms with Gasteiger partial charge in [-0.25, -0.2) is 4.98 Å². The highest BCUT2D eigenvalue weighted by Gasteiger charge is 2.10. The molecule has 0 radical (unpaired) electrons. The number of amides is 1. The van der Waals surface area contributed by atoms with Crippen LogP contribution in [0.2, 0.25) is 0 Å². The Morgan fingerprint density at radius 2 is 2.31 bits per heavy atom. The van der Waals surface area contributed by atoms with Gasteiger partial charge in [-0.05, 0) is 19.9 Å². The fourth-order valence-electron chi connectivity index (χ4n) is 1.30. The van der Waals surface area contributed by atoms with E-state index in [4.69, 9.17) is 0 Å². The first-order chi connectivity index (χ1) is 7.67. The Balaban J connectivity index is 2.61. The van der Waals surface area contributed by atoms with Gasteiger partial charge in [0.1, 0.15) is 11.9 Å². The molecular formula is C11H18N4O. The van der Waals surface area contributed by atoms with E-state index >= 15 is 0 Å². The van der Waals surface area contributed by atoms with Crippen molar-refractivity contribution >= 4 is 17.4 Å². The molecule has 0 aliphatic rings. The van der Waals surface area contributed by atoms with E-state index in [1.54, 1.807) is 13.2 Å². The lowest BCUT2D eigenvalue weighted by molar-refractivity contribution is -0.121. The van der Waals surface area contributed by atoms with Gasteiger partial charge in [0, 0.05) is 31.5 Å². The molecule has 5 nitrogen and oxygen atoms in total. The zero-order valence-corrected chi connectivity index (χ0v) is 9.87. The second-order valence-electron chi connectivity index (χ2n) is 3.44. The van der Waals surface area contributed by atoms with E-state index in [2.05, 4.69) is 20.9 Å². The van der Waals surface area contributed by atoms with Crippen LogP contribution in [0, 0.1) is 0 Å². The van der Waals surface area contributed by atoms with Crippen LogP contribution in [0.15, 0.2) is 18.3 Å². The summed E-state index contributed by atoms with van der Waals surface area (Å²) in [5, 5.41) is 8.81. The summed E-state index contributed by atoms with van der Waals surface area (Å²) in [5.41, 5.74) is 0.873. The molecule has 3 N–H and O–H groups in total. The Kier molecular flexibility index (Phi) is 4.57. The van der Waals surface area contributed by atoms with Crippen LogP contribution in [-0.2, 0) is 4.79 Å². The summed E-state index contributed by atoms with van der Waals surface area (Å²) in [6.07, 6.45) is 1.69. The van der Waals surface area contributed by atoms with Crippen LogP contribution >= 0.6 is 0 Å². The van der Waals surface area contributed by atoms with Crippen LogP contribution in [-0.4, -0.2) is 30.5 Å². The molecule has 16 heavy (non-hydrogen) atoms. The third-order valence-electron chi connectivity index (χ3n) is 2.14. The minimum Gasteiger partial charge on any atom is -0.374 e. The van der Waals surface area contributed by atoms with E-state index in [9.17, 15) is 4.79 Å². The zero-order valence-electron chi connectivity index (χ0n) is 9.87. The quantitative estimate of drug-likeness (QED) is 0.697. The van der Waals surface area contributed by atoms with Crippen molar-refractivity contribution in [1.29, 1.82) is 0 Å². The maximum Gasteiger partial charge on any atom is 0.242 e. The molecule has 1 amide bonds. The number of aromatic nitrogens is 1. The maximum absolute atomic E-state index is 11.5. The van der Waals surface area contributed by atoms with Gasteiger partial charge in [0.2, 0.25) is 5.91 Å². The number of hydrogen-bond acceptors (Lipinski definition) is 4. The molecule has 0 spiro atoms. The lowest BCUT2D eigenvalue weighted by Gasteiger charge is -2.14. The average molecular weight is 222 g/mol. The van der Waals surface area contributed by atoms with Crippen LogP contribution in [0.1, 0.15) is 13.8 Å². The van der Waals surface area contributed by atoms with Gasteiger partial charge in [-0.2, -0.15) is 0 Å². The van der Waals surface area contributed by atoms with Crippen LogP contribution in [0.4, 0.5) is 11.5 Å². The summed E-state index contributed by atoms with van der Waals surface area (Å²) in [7, 11) is 1.80. The molecule has 5 heteroatoms. The number of carbonyl (C=O) groups excluding carboxylic acids is 1. The van der Waals surface area contributed by atoms with E-state index in [0.29, 0.717) is 6.54 Å². The van der Waals surface area contributed by atoms with Gasteiger partial charge in [-0.1, -0.05) is 0 Å². The van der Waals surface area contributed by atoms with Crippen molar-refractivity contribution in [3.63, 3.8) is 0 Å². The van der Waals surface area contributed by atoms with Crippen molar-refractivity contribution in [1.82, 2.24) is 10.3 Å². The van der Waals surface area contributed by atoms with Gasteiger partial charge < -0.3 is 16.0 Å². The van der Waals surface area contributed by atoms with Gasteiger partial charge >= 0.3 is 0 Å². The predicted octanol–water partition coefficient (Wildman–Crippen LogP) is 1.06. The fraction of sp³-hybridized carbons (Fsp3) is 0.455. The summed E-state index contributed by atoms with van der Waals surface area (Å²) in [5.74, 6) is 0.762. The van der Waals surface area contributed by atoms with Crippen molar-refractivity contribution in [2.24, 2.45) is 0 Å². The monoisotopic (exact) mass is 222 g/mol. The first-order valence-electron chi connectivity index (χ1n) is 5.35. The Morgan fingerprint density at radius 1 is 1.56 bits per heavy atom. The SMILES string of the molecule is CCNC(=O)C(C)Nc1ccnc(NC)c1. The summed E-state index contributed by atoms with van der Waals surface area (Å²) < 4.78 is 0. The topological polar surface area (TPSA) is 66.0 Å². The largest absolute Gasteiger partial charge is 0.374 e. The molecule has 0 fully saturated rings. The second-order valence-corrected chi connectivity index (χ2v) is 3.44. The highest BCUT2D eigenvalue weighted by molar-refractivity contribution is 5.84. The fourth-order valence-corrected chi connectivity index (χ4v) is 1.30. The normalized spacial score (nSPS) is 11.7. The molecule has 88 valence electrons. The first kappa shape index (κ1) is 12.3. The number of anilines is 2. The predicted molar refractivity (Wildman–Crippen MR) is 65.6 cm³/mol. The van der Waals surface area contributed by atoms with E-state index in [-0.39, 0.29) is 11.9 Å². The lowest BCUT2D eigenvalue weighted by atomic mass is 10.3. The van der Waals surface area contributed by atoms with Gasteiger partial charge in [0.05, 0.1) is 0 Å². The minimum atomic E-state index is -0.257. The third-order valence-corrected chi connectivity index (χ3v) is 2.14. The number of nitrogens with one attached hydrogen (secondary N) is 3. The van der Waals surface area contributed by atoms with E-state index in [1.807, 2.05) is 26.0 Å². The maximum atomic E-state index is 11.5. The number of nitrogens with zero attached hydrogens (tertiary/aromatic N) is 1. The Bertz CT molecular complexity index is 354. The molecule has 1 atom stereocenters. The van der Waals surface area contributed by atoms with E-state index < -0.39 is 0 Å². The smallest absolute Gasteiger partial charge is 0.242 e. The number of hydrogen-bond donors (Lipinski definition) is 3. The van der Waals surface area contributed by atoms with Crippen LogP contribution in [0.5, 0.6) is 0 Å². The molecular weight excluding hydrogens is 204 g/mol. The molecule has 1 heterocycles. The highest BCUT2D eigenvalue weighted by atomic mass is 16.2. The standard InChI is InChI=1S/C11H18N4O/c1-4-13-11(16)8(2)15-9-5-6-14-10(7-9)12-3/h5-8H,4H2,1-3H3,(H,13,16)(H2,12,14,15).